The van der Waals surface area contributed by atoms with Gasteiger partial charge >= 0.3 is 0 Å². The number of fused-ring (bicyclic) bond motifs is 1. The van der Waals surface area contributed by atoms with Crippen LogP contribution in [0.3, 0.4) is 0 Å². The molecular weight excluding hydrogens is 273 g/mol. The van der Waals surface area contributed by atoms with Crippen LogP contribution in [0.4, 0.5) is 0 Å². The summed E-state index contributed by atoms with van der Waals surface area (Å²) in [6.07, 6.45) is 0. The summed E-state index contributed by atoms with van der Waals surface area (Å²) in [6.45, 7) is 0. The highest BCUT2D eigenvalue weighted by molar-refractivity contribution is 7.89. The highest BCUT2D eigenvalue weighted by Gasteiger charge is 2.10. The SMILES string of the molecule is NS(=O)(=O)c1ccc2nc(Cl)c(Cl)nc2c1. The molecule has 84 valence electrons. The Morgan fingerprint density at radius 3 is 2.19 bits per heavy atom. The topological polar surface area (TPSA) is 85.9 Å². The average Bonchev–Trinajstić information content (AvgIpc) is 2.17. The predicted octanol–water partition coefficient (Wildman–Crippen LogP) is 1.58. The van der Waals surface area contributed by atoms with Crippen LogP contribution < -0.4 is 5.14 Å². The van der Waals surface area contributed by atoms with E-state index in [0.29, 0.717) is 11.0 Å². The zero-order chi connectivity index (χ0) is 11.9. The van der Waals surface area contributed by atoms with Crippen molar-refractivity contribution in [2.45, 2.75) is 4.90 Å². The third-order valence-corrected chi connectivity index (χ3v) is 3.42. The molecule has 2 rings (SSSR count). The average molecular weight is 278 g/mol. The van der Waals surface area contributed by atoms with Crippen molar-refractivity contribution >= 4 is 44.3 Å². The number of nitrogens with two attached hydrogens (primary N) is 1. The maximum Gasteiger partial charge on any atom is 0.238 e. The molecule has 1 aromatic carbocycles. The first-order chi connectivity index (χ1) is 7.38. The fraction of sp³-hybridized carbons (Fsp3) is 0. The van der Waals surface area contributed by atoms with Gasteiger partial charge in [0.1, 0.15) is 0 Å². The molecular formula is C8H5Cl2N3O2S. The lowest BCUT2D eigenvalue weighted by Gasteiger charge is -2.01. The van der Waals surface area contributed by atoms with Crippen LogP contribution in [0.1, 0.15) is 0 Å². The first-order valence-corrected chi connectivity index (χ1v) is 6.34. The Morgan fingerprint density at radius 1 is 1.06 bits per heavy atom. The monoisotopic (exact) mass is 277 g/mol. The van der Waals surface area contributed by atoms with Gasteiger partial charge in [0.2, 0.25) is 10.0 Å². The van der Waals surface area contributed by atoms with Crippen molar-refractivity contribution in [2.24, 2.45) is 5.14 Å². The first kappa shape index (κ1) is 11.5. The molecule has 16 heavy (non-hydrogen) atoms. The van der Waals surface area contributed by atoms with E-state index in [9.17, 15) is 8.42 Å². The van der Waals surface area contributed by atoms with Gasteiger partial charge in [-0.05, 0) is 18.2 Å². The molecule has 0 fully saturated rings. The van der Waals surface area contributed by atoms with Crippen LogP contribution in [0, 0.1) is 0 Å². The third kappa shape index (κ3) is 2.10. The van der Waals surface area contributed by atoms with Crippen molar-refractivity contribution in [3.63, 3.8) is 0 Å². The minimum Gasteiger partial charge on any atom is -0.231 e. The van der Waals surface area contributed by atoms with Crippen LogP contribution in [0.15, 0.2) is 23.1 Å². The van der Waals surface area contributed by atoms with Gasteiger partial charge in [0.05, 0.1) is 15.9 Å². The number of benzene rings is 1. The Hall–Kier alpha value is -0.950. The predicted molar refractivity (Wildman–Crippen MR) is 60.9 cm³/mol. The van der Waals surface area contributed by atoms with Crippen LogP contribution in [-0.2, 0) is 10.0 Å². The normalized spacial score (nSPS) is 11.9. The zero-order valence-electron chi connectivity index (χ0n) is 7.68. The van der Waals surface area contributed by atoms with Crippen molar-refractivity contribution in [1.29, 1.82) is 0 Å². The van der Waals surface area contributed by atoms with Crippen LogP contribution >= 0.6 is 23.2 Å². The third-order valence-electron chi connectivity index (χ3n) is 1.88. The van der Waals surface area contributed by atoms with Crippen molar-refractivity contribution < 1.29 is 8.42 Å². The summed E-state index contributed by atoms with van der Waals surface area (Å²) in [5, 5.41) is 5.06. The second kappa shape index (κ2) is 3.81. The van der Waals surface area contributed by atoms with Gasteiger partial charge in [-0.15, -0.1) is 0 Å². The van der Waals surface area contributed by atoms with Crippen LogP contribution in [-0.4, -0.2) is 18.4 Å². The molecule has 0 aliphatic carbocycles. The number of halogens is 2. The summed E-state index contributed by atoms with van der Waals surface area (Å²) in [5.41, 5.74) is 0.766. The summed E-state index contributed by atoms with van der Waals surface area (Å²) < 4.78 is 22.2. The molecule has 2 aromatic rings. The summed E-state index contributed by atoms with van der Waals surface area (Å²) >= 11 is 11.3. The minimum atomic E-state index is -3.76. The molecule has 5 nitrogen and oxygen atoms in total. The van der Waals surface area contributed by atoms with Gasteiger partial charge in [-0.2, -0.15) is 0 Å². The van der Waals surface area contributed by atoms with E-state index in [1.165, 1.54) is 18.2 Å². The Labute approximate surface area is 101 Å². The molecule has 2 N–H and O–H groups in total. The summed E-state index contributed by atoms with van der Waals surface area (Å²) in [6, 6.07) is 4.08. The van der Waals surface area contributed by atoms with E-state index >= 15 is 0 Å². The van der Waals surface area contributed by atoms with E-state index in [1.54, 1.807) is 0 Å². The van der Waals surface area contributed by atoms with Crippen molar-refractivity contribution in [3.8, 4) is 0 Å². The zero-order valence-corrected chi connectivity index (χ0v) is 10.0. The number of aromatic nitrogens is 2. The molecule has 0 amide bonds. The molecule has 1 aromatic heterocycles. The molecule has 0 aliphatic rings. The number of sulfonamides is 1. The van der Waals surface area contributed by atoms with Gasteiger partial charge in [-0.25, -0.2) is 23.5 Å². The molecule has 0 radical (unpaired) electrons. The van der Waals surface area contributed by atoms with E-state index < -0.39 is 10.0 Å². The number of hydrogen-bond donors (Lipinski definition) is 1. The maximum absolute atomic E-state index is 11.1. The van der Waals surface area contributed by atoms with Crippen LogP contribution in [0.2, 0.25) is 10.3 Å². The molecule has 0 aliphatic heterocycles. The van der Waals surface area contributed by atoms with Gasteiger partial charge < -0.3 is 0 Å². The molecule has 1 heterocycles. The standard InChI is InChI=1S/C8H5Cl2N3O2S/c9-7-8(10)13-6-3-4(16(11,14)15)1-2-5(6)12-7/h1-3H,(H2,11,14,15). The lowest BCUT2D eigenvalue weighted by molar-refractivity contribution is 0.598. The van der Waals surface area contributed by atoms with E-state index in [0.717, 1.165) is 0 Å². The molecule has 0 saturated heterocycles. The Kier molecular flexibility index (Phi) is 2.75. The Bertz CT molecular complexity index is 672. The molecule has 0 bridgehead atoms. The molecule has 0 saturated carbocycles. The quantitative estimate of drug-likeness (QED) is 0.858. The summed E-state index contributed by atoms with van der Waals surface area (Å²) in [5.74, 6) is 0. The fourth-order valence-corrected chi connectivity index (χ4v) is 1.97. The van der Waals surface area contributed by atoms with E-state index in [2.05, 4.69) is 9.97 Å². The molecule has 0 spiro atoms. The number of hydrogen-bond acceptors (Lipinski definition) is 4. The fourth-order valence-electron chi connectivity index (χ4n) is 1.17. The Balaban J connectivity index is 2.77. The van der Waals surface area contributed by atoms with Gasteiger partial charge in [0, 0.05) is 0 Å². The summed E-state index contributed by atoms with van der Waals surface area (Å²) in [7, 11) is -3.76. The molecule has 0 unspecified atom stereocenters. The van der Waals surface area contributed by atoms with Crippen LogP contribution in [0.25, 0.3) is 11.0 Å². The number of rotatable bonds is 1. The van der Waals surface area contributed by atoms with Crippen LogP contribution in [0.5, 0.6) is 0 Å². The number of nitrogens with zero attached hydrogens (tertiary/aromatic N) is 2. The van der Waals surface area contributed by atoms with Crippen molar-refractivity contribution in [3.05, 3.63) is 28.5 Å². The second-order valence-corrected chi connectivity index (χ2v) is 5.28. The second-order valence-electron chi connectivity index (χ2n) is 3.00. The van der Waals surface area contributed by atoms with E-state index in [-0.39, 0.29) is 15.2 Å². The van der Waals surface area contributed by atoms with Gasteiger partial charge in [-0.3, -0.25) is 0 Å². The van der Waals surface area contributed by atoms with Gasteiger partial charge in [0.25, 0.3) is 0 Å². The maximum atomic E-state index is 11.1. The highest BCUT2D eigenvalue weighted by atomic mass is 35.5. The first-order valence-electron chi connectivity index (χ1n) is 4.03. The lowest BCUT2D eigenvalue weighted by atomic mass is 10.3. The van der Waals surface area contributed by atoms with Crippen molar-refractivity contribution in [1.82, 2.24) is 9.97 Å². The molecule has 0 atom stereocenters. The highest BCUT2D eigenvalue weighted by Crippen LogP contribution is 2.22. The smallest absolute Gasteiger partial charge is 0.231 e. The van der Waals surface area contributed by atoms with E-state index in [4.69, 9.17) is 28.3 Å². The molecule has 8 heteroatoms. The van der Waals surface area contributed by atoms with Crippen molar-refractivity contribution in [2.75, 3.05) is 0 Å². The van der Waals surface area contributed by atoms with Gasteiger partial charge in [0.15, 0.2) is 10.3 Å². The lowest BCUT2D eigenvalue weighted by Crippen LogP contribution is -2.12. The largest absolute Gasteiger partial charge is 0.238 e. The Morgan fingerprint density at radius 2 is 1.62 bits per heavy atom. The summed E-state index contributed by atoms with van der Waals surface area (Å²) in [4.78, 5) is 7.79. The minimum absolute atomic E-state index is 0.0146. The number of primary sulfonamides is 1. The van der Waals surface area contributed by atoms with E-state index in [1.807, 2.05) is 0 Å². The van der Waals surface area contributed by atoms with Gasteiger partial charge in [-0.1, -0.05) is 23.2 Å².